The maximum absolute atomic E-state index is 12.3. The van der Waals surface area contributed by atoms with Crippen molar-refractivity contribution in [3.63, 3.8) is 0 Å². The van der Waals surface area contributed by atoms with E-state index in [1.54, 1.807) is 24.3 Å². The van der Waals surface area contributed by atoms with Crippen molar-refractivity contribution in [3.05, 3.63) is 29.8 Å². The first kappa shape index (κ1) is 16.5. The van der Waals surface area contributed by atoms with Crippen LogP contribution in [0.5, 0.6) is 0 Å². The Morgan fingerprint density at radius 1 is 1.23 bits per heavy atom. The number of carbonyl (C=O) groups excluding carboxylic acids is 2. The average Bonchev–Trinajstić information content (AvgIpc) is 2.45. The Hall–Kier alpha value is -1.88. The molecule has 0 saturated carbocycles. The Balaban J connectivity index is 1.99. The molecule has 1 fully saturated rings. The van der Waals surface area contributed by atoms with Crippen molar-refractivity contribution < 1.29 is 19.2 Å². The molecule has 22 heavy (non-hydrogen) atoms. The molecule has 1 aromatic carbocycles. The van der Waals surface area contributed by atoms with E-state index in [0.29, 0.717) is 29.6 Å². The molecule has 1 saturated heterocycles. The summed E-state index contributed by atoms with van der Waals surface area (Å²) in [4.78, 5) is 25.3. The Morgan fingerprint density at radius 3 is 2.50 bits per heavy atom. The Kier molecular flexibility index (Phi) is 5.55. The zero-order chi connectivity index (χ0) is 16.1. The van der Waals surface area contributed by atoms with E-state index in [9.17, 15) is 9.59 Å². The van der Waals surface area contributed by atoms with Gasteiger partial charge in [0, 0.05) is 11.8 Å². The van der Waals surface area contributed by atoms with Crippen LogP contribution in [0.2, 0.25) is 0 Å². The number of anilines is 1. The Morgan fingerprint density at radius 2 is 1.86 bits per heavy atom. The smallest absolute Gasteiger partial charge is 0.339 e. The quantitative estimate of drug-likeness (QED) is 0.815. The lowest BCUT2D eigenvalue weighted by molar-refractivity contribution is -0.904. The van der Waals surface area contributed by atoms with Gasteiger partial charge in [-0.1, -0.05) is 26.0 Å². The van der Waals surface area contributed by atoms with Crippen molar-refractivity contribution in [2.75, 3.05) is 32.1 Å². The van der Waals surface area contributed by atoms with Crippen LogP contribution in [0.3, 0.4) is 0 Å². The van der Waals surface area contributed by atoms with E-state index in [4.69, 9.17) is 4.74 Å². The highest BCUT2D eigenvalue weighted by atomic mass is 16.5. The average molecular weight is 305 g/mol. The number of methoxy groups -OCH3 is 1. The lowest BCUT2D eigenvalue weighted by atomic mass is 9.92. The number of rotatable bonds is 4. The fourth-order valence-electron chi connectivity index (χ4n) is 3.37. The monoisotopic (exact) mass is 305 g/mol. The van der Waals surface area contributed by atoms with E-state index in [0.717, 1.165) is 13.1 Å². The van der Waals surface area contributed by atoms with Gasteiger partial charge in [-0.05, 0) is 18.6 Å². The van der Waals surface area contributed by atoms with Crippen LogP contribution in [0.25, 0.3) is 0 Å². The highest BCUT2D eigenvalue weighted by molar-refractivity contribution is 6.01. The fourth-order valence-corrected chi connectivity index (χ4v) is 3.37. The van der Waals surface area contributed by atoms with Crippen LogP contribution >= 0.6 is 0 Å². The highest BCUT2D eigenvalue weighted by Crippen LogP contribution is 2.16. The number of hydrogen-bond donors (Lipinski definition) is 2. The minimum Gasteiger partial charge on any atom is -0.465 e. The van der Waals surface area contributed by atoms with Crippen LogP contribution in [-0.4, -0.2) is 38.6 Å². The zero-order valence-electron chi connectivity index (χ0n) is 13.5. The molecule has 1 aliphatic rings. The predicted molar refractivity (Wildman–Crippen MR) is 84.9 cm³/mol. The minimum absolute atomic E-state index is 0.0624. The molecule has 0 spiro atoms. The second kappa shape index (κ2) is 7.40. The number of nitrogens with one attached hydrogen (secondary N) is 2. The van der Waals surface area contributed by atoms with Gasteiger partial charge in [-0.25, -0.2) is 4.79 Å². The van der Waals surface area contributed by atoms with Gasteiger partial charge in [-0.2, -0.15) is 0 Å². The van der Waals surface area contributed by atoms with Gasteiger partial charge >= 0.3 is 5.97 Å². The molecule has 2 rings (SSSR count). The van der Waals surface area contributed by atoms with Crippen molar-refractivity contribution in [1.29, 1.82) is 0 Å². The molecule has 1 aromatic rings. The number of carbonyl (C=O) groups is 2. The van der Waals surface area contributed by atoms with Gasteiger partial charge in [-0.15, -0.1) is 0 Å². The predicted octanol–water partition coefficient (Wildman–Crippen LogP) is 0.972. The van der Waals surface area contributed by atoms with Crippen molar-refractivity contribution >= 4 is 17.6 Å². The normalized spacial score (nSPS) is 24.6. The highest BCUT2D eigenvalue weighted by Gasteiger charge is 2.27. The molecule has 0 bridgehead atoms. The van der Waals surface area contributed by atoms with E-state index in [1.807, 2.05) is 0 Å². The molecule has 1 aliphatic heterocycles. The maximum Gasteiger partial charge on any atom is 0.339 e. The fraction of sp³-hybridized carbons (Fsp3) is 0.529. The molecule has 1 heterocycles. The minimum atomic E-state index is -0.441. The number of benzene rings is 1. The third kappa shape index (κ3) is 4.31. The zero-order valence-corrected chi connectivity index (χ0v) is 13.5. The van der Waals surface area contributed by atoms with Crippen LogP contribution in [0.4, 0.5) is 5.69 Å². The van der Waals surface area contributed by atoms with E-state index in [2.05, 4.69) is 19.2 Å². The molecule has 120 valence electrons. The van der Waals surface area contributed by atoms with E-state index in [1.165, 1.54) is 18.4 Å². The lowest BCUT2D eigenvalue weighted by Crippen LogP contribution is -3.15. The summed E-state index contributed by atoms with van der Waals surface area (Å²) in [5.41, 5.74) is 0.894. The number of amides is 1. The second-order valence-corrected chi connectivity index (χ2v) is 6.37. The molecule has 2 N–H and O–H groups in total. The number of para-hydroxylation sites is 1. The largest absolute Gasteiger partial charge is 0.465 e. The summed E-state index contributed by atoms with van der Waals surface area (Å²) >= 11 is 0. The van der Waals surface area contributed by atoms with Crippen molar-refractivity contribution in [1.82, 2.24) is 0 Å². The third-order valence-corrected chi connectivity index (χ3v) is 4.10. The molecule has 0 unspecified atom stereocenters. The van der Waals surface area contributed by atoms with Gasteiger partial charge in [0.2, 0.25) is 0 Å². The topological polar surface area (TPSA) is 59.8 Å². The van der Waals surface area contributed by atoms with Crippen molar-refractivity contribution in [2.45, 2.75) is 20.3 Å². The van der Waals surface area contributed by atoms with Crippen LogP contribution < -0.4 is 10.2 Å². The van der Waals surface area contributed by atoms with Gasteiger partial charge in [0.15, 0.2) is 6.54 Å². The van der Waals surface area contributed by atoms with Gasteiger partial charge in [0.05, 0.1) is 31.5 Å². The molecular formula is C17H25N2O3+. The van der Waals surface area contributed by atoms with E-state index >= 15 is 0 Å². The van der Waals surface area contributed by atoms with Crippen LogP contribution in [0.15, 0.2) is 24.3 Å². The first-order valence-corrected chi connectivity index (χ1v) is 7.80. The van der Waals surface area contributed by atoms with Crippen LogP contribution in [0, 0.1) is 11.8 Å². The summed E-state index contributed by atoms with van der Waals surface area (Å²) in [5, 5.41) is 2.84. The molecule has 2 atom stereocenters. The number of piperidine rings is 1. The van der Waals surface area contributed by atoms with Gasteiger partial charge < -0.3 is 15.0 Å². The number of hydrogen-bond acceptors (Lipinski definition) is 3. The van der Waals surface area contributed by atoms with Gasteiger partial charge in [-0.3, -0.25) is 4.79 Å². The SMILES string of the molecule is COC(=O)c1ccccc1NC(=O)C[NH+]1C[C@H](C)C[C@@H](C)C1. The van der Waals surface area contributed by atoms with E-state index < -0.39 is 5.97 Å². The molecule has 0 aromatic heterocycles. The van der Waals surface area contributed by atoms with Crippen LogP contribution in [0.1, 0.15) is 30.6 Å². The van der Waals surface area contributed by atoms with Gasteiger partial charge in [0.1, 0.15) is 0 Å². The first-order valence-electron chi connectivity index (χ1n) is 7.80. The number of quaternary nitrogens is 1. The summed E-state index contributed by atoms with van der Waals surface area (Å²) in [6.07, 6.45) is 1.23. The molecule has 5 nitrogen and oxygen atoms in total. The number of ether oxygens (including phenoxy) is 1. The summed E-state index contributed by atoms with van der Waals surface area (Å²) in [7, 11) is 1.33. The molecule has 1 amide bonds. The Labute approximate surface area is 131 Å². The lowest BCUT2D eigenvalue weighted by Gasteiger charge is -2.31. The molecule has 0 radical (unpaired) electrons. The first-order chi connectivity index (χ1) is 10.5. The standard InChI is InChI=1S/C17H24N2O3/c1-12-8-13(2)10-19(9-12)11-16(20)18-15-7-5-4-6-14(15)17(21)22-3/h4-7,12-13H,8-11H2,1-3H3,(H,18,20)/p+1/t12-,13-/m1/s1. The molecule has 0 aliphatic carbocycles. The van der Waals surface area contributed by atoms with E-state index in [-0.39, 0.29) is 5.91 Å². The molecular weight excluding hydrogens is 280 g/mol. The summed E-state index contributed by atoms with van der Waals surface area (Å²) < 4.78 is 4.74. The van der Waals surface area contributed by atoms with Gasteiger partial charge in [0.25, 0.3) is 5.91 Å². The second-order valence-electron chi connectivity index (χ2n) is 6.37. The van der Waals surface area contributed by atoms with Crippen molar-refractivity contribution in [2.24, 2.45) is 11.8 Å². The number of esters is 1. The third-order valence-electron chi connectivity index (χ3n) is 4.10. The Bertz CT molecular complexity index is 534. The van der Waals surface area contributed by atoms with Crippen LogP contribution in [-0.2, 0) is 9.53 Å². The number of likely N-dealkylation sites (tertiary alicyclic amines) is 1. The summed E-state index contributed by atoms with van der Waals surface area (Å²) in [6, 6.07) is 6.92. The summed E-state index contributed by atoms with van der Waals surface area (Å²) in [5.74, 6) is 0.791. The van der Waals surface area contributed by atoms with Crippen molar-refractivity contribution in [3.8, 4) is 0 Å². The molecule has 5 heteroatoms. The maximum atomic E-state index is 12.3. The summed E-state index contributed by atoms with van der Waals surface area (Å²) in [6.45, 7) is 6.96.